The third-order valence-electron chi connectivity index (χ3n) is 7.79. The van der Waals surface area contributed by atoms with Crippen molar-refractivity contribution in [3.8, 4) is 11.5 Å². The number of carboxylic acid groups (broad SMARTS) is 1. The summed E-state index contributed by atoms with van der Waals surface area (Å²) in [5.41, 5.74) is -1.05. The van der Waals surface area contributed by atoms with Gasteiger partial charge in [-0.15, -0.1) is 10.2 Å². The normalized spacial score (nSPS) is 18.8. The van der Waals surface area contributed by atoms with Crippen molar-refractivity contribution in [3.05, 3.63) is 83.5 Å². The summed E-state index contributed by atoms with van der Waals surface area (Å²) in [5, 5.41) is 21.6. The fourth-order valence-electron chi connectivity index (χ4n) is 5.55. The van der Waals surface area contributed by atoms with Gasteiger partial charge in [0.2, 0.25) is 11.8 Å². The lowest BCUT2D eigenvalue weighted by Gasteiger charge is -2.30. The molecule has 1 aliphatic rings. The number of alkyl carbamates (subject to hydrolysis) is 1. The molecule has 3 atom stereocenters. The zero-order chi connectivity index (χ0) is 33.7. The Kier molecular flexibility index (Phi) is 10.2. The van der Waals surface area contributed by atoms with E-state index in [1.165, 1.54) is 12.3 Å². The van der Waals surface area contributed by atoms with E-state index < -0.39 is 34.7 Å². The van der Waals surface area contributed by atoms with Gasteiger partial charge in [-0.25, -0.2) is 4.79 Å². The summed E-state index contributed by atoms with van der Waals surface area (Å²) in [6.45, 7) is 13.9. The summed E-state index contributed by atoms with van der Waals surface area (Å²) in [7, 11) is 0. The molecule has 2 heterocycles. The molecule has 2 aromatic carbocycles. The Bertz CT molecular complexity index is 1570. The lowest BCUT2D eigenvalue weighted by molar-refractivity contribution is -0.146. The smallest absolute Gasteiger partial charge is 0.408 e. The standard InChI is InChI=1S/C35H44N4O7/c1-8-16-39(17-9-2)29(40)25-19-24(20-26(21-25)35(7)27(30(41)42)15-18-44-35)28-37-38-31(45-28)34(6,22-23-13-11-10-12-14-23)36-32(43)46-33(3,4)5/h10-15,18-21,27H,8-9,16-17,22H2,1-7H3,(H,36,43)(H,41,42)/t27?,34-,35?/m1/s1. The van der Waals surface area contributed by atoms with Gasteiger partial charge in [0, 0.05) is 30.6 Å². The number of benzene rings is 2. The van der Waals surface area contributed by atoms with Crippen LogP contribution in [0.5, 0.6) is 0 Å². The molecule has 11 nitrogen and oxygen atoms in total. The van der Waals surface area contributed by atoms with Gasteiger partial charge >= 0.3 is 12.1 Å². The van der Waals surface area contributed by atoms with Crippen LogP contribution in [0.15, 0.2) is 65.3 Å². The average Bonchev–Trinajstić information content (AvgIpc) is 3.65. The molecule has 0 radical (unpaired) electrons. The third kappa shape index (κ3) is 7.75. The molecular formula is C35H44N4O7. The maximum Gasteiger partial charge on any atom is 0.408 e. The van der Waals surface area contributed by atoms with Crippen molar-refractivity contribution in [3.63, 3.8) is 0 Å². The largest absolute Gasteiger partial charge is 0.490 e. The first-order valence-corrected chi connectivity index (χ1v) is 15.6. The van der Waals surface area contributed by atoms with Crippen LogP contribution < -0.4 is 5.32 Å². The van der Waals surface area contributed by atoms with Crippen molar-refractivity contribution in [2.24, 2.45) is 5.92 Å². The number of hydrogen-bond acceptors (Lipinski definition) is 8. The Morgan fingerprint density at radius 2 is 1.70 bits per heavy atom. The molecule has 0 fully saturated rings. The second kappa shape index (κ2) is 13.8. The predicted molar refractivity (Wildman–Crippen MR) is 172 cm³/mol. The maximum absolute atomic E-state index is 13.8. The molecule has 0 spiro atoms. The number of ether oxygens (including phenoxy) is 2. The number of aromatic nitrogens is 2. The predicted octanol–water partition coefficient (Wildman–Crippen LogP) is 6.44. The lowest BCUT2D eigenvalue weighted by atomic mass is 9.82. The van der Waals surface area contributed by atoms with E-state index >= 15 is 0 Å². The number of nitrogens with one attached hydrogen (secondary N) is 1. The van der Waals surface area contributed by atoms with E-state index in [9.17, 15) is 19.5 Å². The summed E-state index contributed by atoms with van der Waals surface area (Å²) < 4.78 is 17.7. The van der Waals surface area contributed by atoms with Crippen molar-refractivity contribution in [1.82, 2.24) is 20.4 Å². The molecule has 1 aromatic heterocycles. The van der Waals surface area contributed by atoms with Gasteiger partial charge in [0.15, 0.2) is 0 Å². The zero-order valence-corrected chi connectivity index (χ0v) is 27.6. The molecule has 2 amide bonds. The van der Waals surface area contributed by atoms with Gasteiger partial charge in [0.05, 0.1) is 6.26 Å². The zero-order valence-electron chi connectivity index (χ0n) is 27.6. The van der Waals surface area contributed by atoms with Crippen molar-refractivity contribution < 1.29 is 33.4 Å². The summed E-state index contributed by atoms with van der Waals surface area (Å²) in [6.07, 6.45) is 4.09. The monoisotopic (exact) mass is 632 g/mol. The van der Waals surface area contributed by atoms with E-state index in [0.29, 0.717) is 36.2 Å². The SMILES string of the molecule is CCCN(CCC)C(=O)c1cc(-c2nnc([C@@](C)(Cc3ccccc3)NC(=O)OC(C)(C)C)o2)cc(C2(C)OC=CC2C(=O)O)c1. The first-order chi connectivity index (χ1) is 21.7. The molecule has 11 heteroatoms. The van der Waals surface area contributed by atoms with E-state index in [2.05, 4.69) is 15.5 Å². The summed E-state index contributed by atoms with van der Waals surface area (Å²) in [6, 6.07) is 14.6. The Labute approximate surface area is 270 Å². The van der Waals surface area contributed by atoms with Gasteiger partial charge in [-0.1, -0.05) is 44.2 Å². The van der Waals surface area contributed by atoms with Crippen LogP contribution in [0.4, 0.5) is 4.79 Å². The van der Waals surface area contributed by atoms with Crippen LogP contribution >= 0.6 is 0 Å². The minimum absolute atomic E-state index is 0.0927. The third-order valence-corrected chi connectivity index (χ3v) is 7.79. The topological polar surface area (TPSA) is 144 Å². The minimum atomic E-state index is -1.29. The van der Waals surface area contributed by atoms with Crippen LogP contribution in [-0.4, -0.2) is 56.9 Å². The second-order valence-electron chi connectivity index (χ2n) is 13.0. The van der Waals surface area contributed by atoms with Gasteiger partial charge in [0.1, 0.15) is 22.7 Å². The fraction of sp³-hybridized carbons (Fsp3) is 0.457. The lowest BCUT2D eigenvalue weighted by Crippen LogP contribution is -2.47. The van der Waals surface area contributed by atoms with Gasteiger partial charge < -0.3 is 29.2 Å². The molecule has 0 aliphatic carbocycles. The number of carbonyl (C=O) groups excluding carboxylic acids is 2. The Morgan fingerprint density at radius 3 is 2.30 bits per heavy atom. The van der Waals surface area contributed by atoms with E-state index in [0.717, 1.165) is 18.4 Å². The fourth-order valence-corrected chi connectivity index (χ4v) is 5.55. The quantitative estimate of drug-likeness (QED) is 0.230. The van der Waals surface area contributed by atoms with Crippen LogP contribution in [0, 0.1) is 5.92 Å². The Balaban J connectivity index is 1.81. The van der Waals surface area contributed by atoms with Crippen molar-refractivity contribution in [2.75, 3.05) is 13.1 Å². The number of nitrogens with zero attached hydrogens (tertiary/aromatic N) is 3. The number of carbonyl (C=O) groups is 3. The van der Waals surface area contributed by atoms with E-state index in [1.807, 2.05) is 44.2 Å². The van der Waals surface area contributed by atoms with Gasteiger partial charge in [-0.05, 0) is 82.9 Å². The summed E-state index contributed by atoms with van der Waals surface area (Å²) in [4.78, 5) is 40.8. The van der Waals surface area contributed by atoms with Crippen LogP contribution in [0.2, 0.25) is 0 Å². The van der Waals surface area contributed by atoms with Gasteiger partial charge in [0.25, 0.3) is 5.91 Å². The summed E-state index contributed by atoms with van der Waals surface area (Å²) >= 11 is 0. The van der Waals surface area contributed by atoms with Crippen LogP contribution in [0.3, 0.4) is 0 Å². The molecule has 2 unspecified atom stereocenters. The molecule has 0 bridgehead atoms. The van der Waals surface area contributed by atoms with Crippen LogP contribution in [0.1, 0.15) is 88.7 Å². The average molecular weight is 633 g/mol. The Morgan fingerprint density at radius 1 is 1.02 bits per heavy atom. The number of aliphatic carboxylic acids is 1. The summed E-state index contributed by atoms with van der Waals surface area (Å²) in [5.74, 6) is -2.03. The molecule has 46 heavy (non-hydrogen) atoms. The number of rotatable bonds is 12. The van der Waals surface area contributed by atoms with Crippen molar-refractivity contribution in [1.29, 1.82) is 0 Å². The van der Waals surface area contributed by atoms with E-state index in [-0.39, 0.29) is 17.7 Å². The van der Waals surface area contributed by atoms with Gasteiger partial charge in [-0.3, -0.25) is 9.59 Å². The molecule has 1 aliphatic heterocycles. The van der Waals surface area contributed by atoms with Crippen molar-refractivity contribution in [2.45, 2.75) is 84.5 Å². The highest BCUT2D eigenvalue weighted by Crippen LogP contribution is 2.41. The molecular weight excluding hydrogens is 588 g/mol. The number of hydrogen-bond donors (Lipinski definition) is 2. The second-order valence-corrected chi connectivity index (χ2v) is 13.0. The molecule has 4 rings (SSSR count). The first-order valence-electron chi connectivity index (χ1n) is 15.6. The van der Waals surface area contributed by atoms with Crippen LogP contribution in [0.25, 0.3) is 11.5 Å². The molecule has 2 N–H and O–H groups in total. The number of amides is 2. The highest BCUT2D eigenvalue weighted by molar-refractivity contribution is 5.95. The number of carboxylic acids is 1. The highest BCUT2D eigenvalue weighted by Gasteiger charge is 2.45. The van der Waals surface area contributed by atoms with Gasteiger partial charge in [-0.2, -0.15) is 0 Å². The molecule has 3 aromatic rings. The molecule has 0 saturated carbocycles. The van der Waals surface area contributed by atoms with E-state index in [1.54, 1.807) is 57.7 Å². The minimum Gasteiger partial charge on any atom is -0.490 e. The van der Waals surface area contributed by atoms with Crippen molar-refractivity contribution >= 4 is 18.0 Å². The highest BCUT2D eigenvalue weighted by atomic mass is 16.6. The van der Waals surface area contributed by atoms with Crippen LogP contribution in [-0.2, 0) is 31.8 Å². The molecule has 0 saturated heterocycles. The first kappa shape index (κ1) is 34.2. The Hall–Kier alpha value is -4.67. The van der Waals surface area contributed by atoms with E-state index in [4.69, 9.17) is 13.9 Å². The maximum atomic E-state index is 13.8. The molecule has 246 valence electrons.